The van der Waals surface area contributed by atoms with E-state index in [1.165, 1.54) is 0 Å². The molecule has 0 fully saturated rings. The summed E-state index contributed by atoms with van der Waals surface area (Å²) in [6, 6.07) is 4.38. The Bertz CT molecular complexity index is 839. The lowest BCUT2D eigenvalue weighted by molar-refractivity contribution is -0.142. The summed E-state index contributed by atoms with van der Waals surface area (Å²) < 4.78 is 1.80. The number of carboxylic acid groups (broad SMARTS) is 1. The first kappa shape index (κ1) is 19.7. The highest BCUT2D eigenvalue weighted by atomic mass is 16.4. The molecule has 0 spiro atoms. The van der Waals surface area contributed by atoms with E-state index in [9.17, 15) is 14.7 Å². The van der Waals surface area contributed by atoms with E-state index in [2.05, 4.69) is 10.4 Å². The molecule has 1 aromatic carbocycles. The van der Waals surface area contributed by atoms with Crippen LogP contribution in [-0.4, -0.2) is 26.8 Å². The summed E-state index contributed by atoms with van der Waals surface area (Å²) >= 11 is 0. The van der Waals surface area contributed by atoms with Crippen LogP contribution in [0.4, 0.5) is 0 Å². The highest BCUT2D eigenvalue weighted by molar-refractivity contribution is 5.86. The highest BCUT2D eigenvalue weighted by Gasteiger charge is 2.26. The number of carboxylic acids is 1. The number of aryl methyl sites for hydroxylation is 4. The van der Waals surface area contributed by atoms with E-state index in [0.29, 0.717) is 12.0 Å². The summed E-state index contributed by atoms with van der Waals surface area (Å²) in [6.45, 7) is 9.59. The number of rotatable bonds is 6. The second-order valence-electron chi connectivity index (χ2n) is 7.00. The number of nitrogens with one attached hydrogen (secondary N) is 1. The van der Waals surface area contributed by atoms with Crippen LogP contribution in [0.2, 0.25) is 0 Å². The van der Waals surface area contributed by atoms with Gasteiger partial charge in [-0.15, -0.1) is 0 Å². The van der Waals surface area contributed by atoms with Gasteiger partial charge in [0.15, 0.2) is 6.04 Å². The smallest absolute Gasteiger partial charge is 0.330 e. The molecule has 0 saturated heterocycles. The van der Waals surface area contributed by atoms with Crippen molar-refractivity contribution < 1.29 is 14.7 Å². The van der Waals surface area contributed by atoms with E-state index >= 15 is 0 Å². The third-order valence-electron chi connectivity index (χ3n) is 5.01. The molecule has 1 heterocycles. The Labute approximate surface area is 154 Å². The van der Waals surface area contributed by atoms with Crippen LogP contribution in [0.5, 0.6) is 0 Å². The maximum atomic E-state index is 12.6. The molecular weight excluding hydrogens is 330 g/mol. The summed E-state index contributed by atoms with van der Waals surface area (Å²) in [5.41, 5.74) is 5.61. The maximum Gasteiger partial charge on any atom is 0.330 e. The van der Waals surface area contributed by atoms with Crippen LogP contribution in [0.25, 0.3) is 0 Å². The Hall–Kier alpha value is -2.63. The van der Waals surface area contributed by atoms with Gasteiger partial charge in [-0.3, -0.25) is 9.48 Å². The van der Waals surface area contributed by atoms with E-state index in [1.807, 2.05) is 46.9 Å². The summed E-state index contributed by atoms with van der Waals surface area (Å²) in [6.07, 6.45) is 0.524. The minimum Gasteiger partial charge on any atom is -0.479 e. The Balaban J connectivity index is 2.16. The second-order valence-corrected chi connectivity index (χ2v) is 7.00. The van der Waals surface area contributed by atoms with Gasteiger partial charge in [-0.25, -0.2) is 4.79 Å². The number of carbonyl (C=O) groups is 2. The van der Waals surface area contributed by atoms with Crippen molar-refractivity contribution in [2.45, 2.75) is 47.1 Å². The Kier molecular flexibility index (Phi) is 5.85. The van der Waals surface area contributed by atoms with E-state index < -0.39 is 12.0 Å². The van der Waals surface area contributed by atoms with Crippen molar-refractivity contribution in [2.75, 3.05) is 0 Å². The van der Waals surface area contributed by atoms with Crippen molar-refractivity contribution in [2.24, 2.45) is 13.0 Å². The third-order valence-corrected chi connectivity index (χ3v) is 5.01. The molecule has 6 nitrogen and oxygen atoms in total. The zero-order chi connectivity index (χ0) is 19.6. The quantitative estimate of drug-likeness (QED) is 0.833. The average molecular weight is 357 g/mol. The number of carbonyl (C=O) groups excluding carboxylic acids is 1. The van der Waals surface area contributed by atoms with Crippen LogP contribution < -0.4 is 5.32 Å². The monoisotopic (exact) mass is 357 g/mol. The van der Waals surface area contributed by atoms with E-state index in [0.717, 1.165) is 28.1 Å². The molecule has 1 aromatic heterocycles. The van der Waals surface area contributed by atoms with Gasteiger partial charge in [-0.2, -0.15) is 5.10 Å². The van der Waals surface area contributed by atoms with Gasteiger partial charge in [-0.05, 0) is 56.4 Å². The average Bonchev–Trinajstić information content (AvgIpc) is 2.81. The molecule has 6 heteroatoms. The molecule has 26 heavy (non-hydrogen) atoms. The Morgan fingerprint density at radius 1 is 1.19 bits per heavy atom. The van der Waals surface area contributed by atoms with Gasteiger partial charge in [0.1, 0.15) is 0 Å². The normalized spacial score (nSPS) is 13.3. The number of benzene rings is 1. The predicted molar refractivity (Wildman–Crippen MR) is 100.0 cm³/mol. The Morgan fingerprint density at radius 2 is 1.85 bits per heavy atom. The topological polar surface area (TPSA) is 84.2 Å². The van der Waals surface area contributed by atoms with E-state index in [1.54, 1.807) is 17.7 Å². The molecule has 1 amide bonds. The third kappa shape index (κ3) is 4.12. The van der Waals surface area contributed by atoms with Gasteiger partial charge in [0, 0.05) is 18.7 Å². The summed E-state index contributed by atoms with van der Waals surface area (Å²) in [5, 5.41) is 16.6. The van der Waals surface area contributed by atoms with Gasteiger partial charge >= 0.3 is 5.97 Å². The maximum absolute atomic E-state index is 12.6. The fourth-order valence-electron chi connectivity index (χ4n) is 3.03. The number of aliphatic carboxylic acids is 1. The fraction of sp³-hybridized carbons (Fsp3) is 0.450. The van der Waals surface area contributed by atoms with Gasteiger partial charge in [0.2, 0.25) is 5.91 Å². The van der Waals surface area contributed by atoms with Gasteiger partial charge in [0.25, 0.3) is 0 Å². The van der Waals surface area contributed by atoms with Crippen LogP contribution >= 0.6 is 0 Å². The number of nitrogens with zero attached hydrogens (tertiary/aromatic N) is 2. The fourth-order valence-corrected chi connectivity index (χ4v) is 3.03. The van der Waals surface area contributed by atoms with Crippen molar-refractivity contribution in [3.63, 3.8) is 0 Å². The first-order valence-corrected chi connectivity index (χ1v) is 8.71. The predicted octanol–water partition coefficient (Wildman–Crippen LogP) is 2.77. The van der Waals surface area contributed by atoms with Crippen LogP contribution in [0, 0.1) is 33.6 Å². The number of amides is 1. The van der Waals surface area contributed by atoms with Gasteiger partial charge in [-0.1, -0.05) is 25.1 Å². The zero-order valence-electron chi connectivity index (χ0n) is 16.3. The van der Waals surface area contributed by atoms with E-state index in [-0.39, 0.29) is 11.8 Å². The standard InChI is InChI=1S/C20H27N3O3/c1-11-7-8-16(9-12(11)2)18(20(25)26)21-19(24)13(3)10-17-14(4)22-23(6)15(17)5/h7-9,13,18H,10H2,1-6H3,(H,21,24)(H,25,26). The molecule has 140 valence electrons. The summed E-state index contributed by atoms with van der Waals surface area (Å²) in [7, 11) is 1.87. The van der Waals surface area contributed by atoms with Crippen molar-refractivity contribution in [3.8, 4) is 0 Å². The first-order chi connectivity index (χ1) is 12.1. The van der Waals surface area contributed by atoms with E-state index in [4.69, 9.17) is 0 Å². The Morgan fingerprint density at radius 3 is 2.35 bits per heavy atom. The highest BCUT2D eigenvalue weighted by Crippen LogP contribution is 2.20. The van der Waals surface area contributed by atoms with Gasteiger partial charge < -0.3 is 10.4 Å². The van der Waals surface area contributed by atoms with Crippen molar-refractivity contribution >= 4 is 11.9 Å². The number of hydrogen-bond donors (Lipinski definition) is 2. The first-order valence-electron chi connectivity index (χ1n) is 8.71. The van der Waals surface area contributed by atoms with Crippen LogP contribution in [0.15, 0.2) is 18.2 Å². The molecule has 0 aliphatic rings. The lowest BCUT2D eigenvalue weighted by atomic mass is 9.97. The van der Waals surface area contributed by atoms with Crippen LogP contribution in [0.3, 0.4) is 0 Å². The molecule has 0 aliphatic carbocycles. The zero-order valence-corrected chi connectivity index (χ0v) is 16.3. The number of hydrogen-bond acceptors (Lipinski definition) is 3. The largest absolute Gasteiger partial charge is 0.479 e. The number of aromatic nitrogens is 2. The van der Waals surface area contributed by atoms with Crippen LogP contribution in [-0.2, 0) is 23.1 Å². The molecule has 0 bridgehead atoms. The van der Waals surface area contributed by atoms with Gasteiger partial charge in [0.05, 0.1) is 5.69 Å². The molecule has 2 unspecified atom stereocenters. The minimum absolute atomic E-state index is 0.279. The van der Waals surface area contributed by atoms with Crippen molar-refractivity contribution in [1.82, 2.24) is 15.1 Å². The molecular formula is C20H27N3O3. The molecule has 0 saturated carbocycles. The minimum atomic E-state index is -1.07. The molecule has 0 aliphatic heterocycles. The van der Waals surface area contributed by atoms with Crippen LogP contribution in [0.1, 0.15) is 46.6 Å². The molecule has 0 radical (unpaired) electrons. The second kappa shape index (κ2) is 7.72. The lowest BCUT2D eigenvalue weighted by Gasteiger charge is -2.19. The molecule has 2 rings (SSSR count). The summed E-state index contributed by atoms with van der Waals surface area (Å²) in [5.74, 6) is -1.70. The summed E-state index contributed by atoms with van der Waals surface area (Å²) in [4.78, 5) is 24.3. The van der Waals surface area contributed by atoms with Crippen molar-refractivity contribution in [3.05, 3.63) is 51.8 Å². The molecule has 2 N–H and O–H groups in total. The van der Waals surface area contributed by atoms with Crippen molar-refractivity contribution in [1.29, 1.82) is 0 Å². The lowest BCUT2D eigenvalue weighted by Crippen LogP contribution is -2.37. The molecule has 2 atom stereocenters. The molecule has 2 aromatic rings. The SMILES string of the molecule is Cc1ccc(C(NC(=O)C(C)Cc2c(C)nn(C)c2C)C(=O)O)cc1C.